The van der Waals surface area contributed by atoms with Gasteiger partial charge in [-0.2, -0.15) is 0 Å². The molecule has 2 aromatic heterocycles. The number of para-hydroxylation sites is 1. The van der Waals surface area contributed by atoms with Gasteiger partial charge in [0.25, 0.3) is 11.5 Å². The monoisotopic (exact) mass is 416 g/mol. The number of carbonyl (C=O) groups is 1. The number of ether oxygens (including phenoxy) is 1. The van der Waals surface area contributed by atoms with Gasteiger partial charge in [-0.3, -0.25) is 14.2 Å². The van der Waals surface area contributed by atoms with E-state index in [4.69, 9.17) is 10.5 Å². The maximum absolute atomic E-state index is 14.5. The molecule has 0 spiro atoms. The fraction of sp³-hybridized carbons (Fsp3) is 0. The van der Waals surface area contributed by atoms with Gasteiger partial charge in [-0.25, -0.2) is 9.37 Å². The molecule has 2 aromatic carbocycles. The topological polar surface area (TPSA) is 99.2 Å². The maximum atomic E-state index is 14.5. The summed E-state index contributed by atoms with van der Waals surface area (Å²) in [5, 5.41) is 2.54. The van der Waals surface area contributed by atoms with Crippen LogP contribution in [0.5, 0.6) is 11.5 Å². The summed E-state index contributed by atoms with van der Waals surface area (Å²) < 4.78 is 21.3. The van der Waals surface area contributed by atoms with Crippen LogP contribution in [0.3, 0.4) is 0 Å². The number of hydrogen-bond donors (Lipinski definition) is 2. The van der Waals surface area contributed by atoms with E-state index in [1.807, 2.05) is 6.07 Å². The van der Waals surface area contributed by atoms with E-state index in [1.165, 1.54) is 35.0 Å². The molecule has 31 heavy (non-hydrogen) atoms. The molecule has 0 saturated heterocycles. The van der Waals surface area contributed by atoms with Crippen LogP contribution in [0.15, 0.2) is 90.0 Å². The molecule has 154 valence electrons. The summed E-state index contributed by atoms with van der Waals surface area (Å²) in [4.78, 5) is 29.2. The predicted octanol–water partition coefficient (Wildman–Crippen LogP) is 4.00. The van der Waals surface area contributed by atoms with Crippen LogP contribution in [-0.2, 0) is 0 Å². The van der Waals surface area contributed by atoms with Crippen molar-refractivity contribution in [3.05, 3.63) is 107 Å². The summed E-state index contributed by atoms with van der Waals surface area (Å²) in [6.45, 7) is 0. The maximum Gasteiger partial charge on any atom is 0.267 e. The van der Waals surface area contributed by atoms with Crippen LogP contribution in [0.2, 0.25) is 0 Å². The van der Waals surface area contributed by atoms with Gasteiger partial charge in [-0.05, 0) is 42.5 Å². The molecule has 0 atom stereocenters. The van der Waals surface area contributed by atoms with Gasteiger partial charge in [-0.15, -0.1) is 0 Å². The molecule has 0 bridgehead atoms. The van der Waals surface area contributed by atoms with Crippen molar-refractivity contribution < 1.29 is 13.9 Å². The van der Waals surface area contributed by atoms with Crippen molar-refractivity contribution in [2.45, 2.75) is 0 Å². The molecule has 0 aliphatic rings. The molecule has 1 amide bonds. The second-order valence-corrected chi connectivity index (χ2v) is 6.55. The molecule has 0 radical (unpaired) electrons. The molecule has 7 nitrogen and oxygen atoms in total. The molecule has 3 N–H and O–H groups in total. The van der Waals surface area contributed by atoms with Gasteiger partial charge in [0.2, 0.25) is 0 Å². The summed E-state index contributed by atoms with van der Waals surface area (Å²) in [6, 6.07) is 18.9. The highest BCUT2D eigenvalue weighted by molar-refractivity contribution is 6.04. The number of amides is 1. The third-order valence-electron chi connectivity index (χ3n) is 4.40. The first kappa shape index (κ1) is 19.8. The van der Waals surface area contributed by atoms with Crippen molar-refractivity contribution >= 4 is 17.4 Å². The zero-order valence-electron chi connectivity index (χ0n) is 16.2. The average molecular weight is 416 g/mol. The Morgan fingerprint density at radius 3 is 2.58 bits per heavy atom. The number of nitrogen functional groups attached to an aromatic ring is 1. The fourth-order valence-electron chi connectivity index (χ4n) is 2.94. The Morgan fingerprint density at radius 1 is 1.03 bits per heavy atom. The van der Waals surface area contributed by atoms with Crippen molar-refractivity contribution in [2.24, 2.45) is 0 Å². The lowest BCUT2D eigenvalue weighted by Gasteiger charge is -2.11. The lowest BCUT2D eigenvalue weighted by molar-refractivity contribution is 0.102. The predicted molar refractivity (Wildman–Crippen MR) is 115 cm³/mol. The number of nitrogens with two attached hydrogens (primary N) is 1. The Kier molecular flexibility index (Phi) is 5.44. The van der Waals surface area contributed by atoms with Gasteiger partial charge in [0, 0.05) is 35.9 Å². The first-order valence-corrected chi connectivity index (χ1v) is 9.28. The van der Waals surface area contributed by atoms with Crippen LogP contribution in [-0.4, -0.2) is 15.5 Å². The van der Waals surface area contributed by atoms with Gasteiger partial charge < -0.3 is 15.8 Å². The zero-order valence-corrected chi connectivity index (χ0v) is 16.2. The zero-order chi connectivity index (χ0) is 21.8. The SMILES string of the molecule is Nc1cc(Oc2ccc(NC(=O)c3cccn(-c4ccccc4)c3=O)cc2F)ccn1. The van der Waals surface area contributed by atoms with E-state index in [1.54, 1.807) is 42.6 Å². The number of aromatic nitrogens is 2. The first-order valence-electron chi connectivity index (χ1n) is 9.28. The Balaban J connectivity index is 1.54. The van der Waals surface area contributed by atoms with Crippen molar-refractivity contribution in [3.63, 3.8) is 0 Å². The number of benzene rings is 2. The van der Waals surface area contributed by atoms with Crippen LogP contribution in [0.1, 0.15) is 10.4 Å². The Labute approximate surface area is 176 Å². The Morgan fingerprint density at radius 2 is 1.84 bits per heavy atom. The molecule has 8 heteroatoms. The minimum absolute atomic E-state index is 0.0465. The first-order chi connectivity index (χ1) is 15.0. The van der Waals surface area contributed by atoms with Gasteiger partial charge in [0.05, 0.1) is 0 Å². The van der Waals surface area contributed by atoms with E-state index in [-0.39, 0.29) is 22.8 Å². The Hall–Kier alpha value is -4.46. The van der Waals surface area contributed by atoms with Crippen LogP contribution in [0.25, 0.3) is 5.69 Å². The quantitative estimate of drug-likeness (QED) is 0.512. The number of anilines is 2. The third kappa shape index (κ3) is 4.43. The van der Waals surface area contributed by atoms with Crippen LogP contribution >= 0.6 is 0 Å². The van der Waals surface area contributed by atoms with E-state index in [9.17, 15) is 14.0 Å². The molecule has 0 aliphatic carbocycles. The van der Waals surface area contributed by atoms with Gasteiger partial charge >= 0.3 is 0 Å². The number of pyridine rings is 2. The van der Waals surface area contributed by atoms with Crippen molar-refractivity contribution in [2.75, 3.05) is 11.1 Å². The standard InChI is InChI=1S/C23H17FN4O3/c24-19-13-15(8-9-20(19)31-17-10-11-26-21(25)14-17)27-22(29)18-7-4-12-28(23(18)30)16-5-2-1-3-6-16/h1-14H,(H2,25,26)(H,27,29). The molecular formula is C23H17FN4O3. The summed E-state index contributed by atoms with van der Waals surface area (Å²) in [7, 11) is 0. The highest BCUT2D eigenvalue weighted by atomic mass is 19.1. The number of nitrogens with zero attached hydrogens (tertiary/aromatic N) is 2. The average Bonchev–Trinajstić information content (AvgIpc) is 2.76. The largest absolute Gasteiger partial charge is 0.454 e. The van der Waals surface area contributed by atoms with Crippen molar-refractivity contribution in [1.82, 2.24) is 9.55 Å². The normalized spacial score (nSPS) is 10.5. The summed E-state index contributed by atoms with van der Waals surface area (Å²) in [6.07, 6.45) is 3.02. The Bertz CT molecular complexity index is 1310. The highest BCUT2D eigenvalue weighted by Crippen LogP contribution is 2.27. The van der Waals surface area contributed by atoms with Crippen LogP contribution < -0.4 is 21.3 Å². The molecule has 0 fully saturated rings. The number of nitrogens with one attached hydrogen (secondary N) is 1. The highest BCUT2D eigenvalue weighted by Gasteiger charge is 2.14. The fourth-order valence-corrected chi connectivity index (χ4v) is 2.94. The van der Waals surface area contributed by atoms with E-state index in [2.05, 4.69) is 10.3 Å². The summed E-state index contributed by atoms with van der Waals surface area (Å²) in [5.74, 6) is -0.817. The summed E-state index contributed by atoms with van der Waals surface area (Å²) >= 11 is 0. The van der Waals surface area contributed by atoms with Crippen molar-refractivity contribution in [1.29, 1.82) is 0 Å². The molecule has 0 aliphatic heterocycles. The second kappa shape index (κ2) is 8.50. The lowest BCUT2D eigenvalue weighted by atomic mass is 10.2. The van der Waals surface area contributed by atoms with Crippen LogP contribution in [0.4, 0.5) is 15.9 Å². The molecule has 0 unspecified atom stereocenters. The van der Waals surface area contributed by atoms with Crippen molar-refractivity contribution in [3.8, 4) is 17.2 Å². The van der Waals surface area contributed by atoms with Gasteiger partial charge in [0.1, 0.15) is 17.1 Å². The minimum atomic E-state index is -0.692. The molecule has 4 rings (SSSR count). The summed E-state index contributed by atoms with van der Waals surface area (Å²) in [5.41, 5.74) is 5.84. The number of halogens is 1. The van der Waals surface area contributed by atoms with Gasteiger partial charge in [-0.1, -0.05) is 18.2 Å². The smallest absolute Gasteiger partial charge is 0.267 e. The molecule has 0 saturated carbocycles. The van der Waals surface area contributed by atoms with E-state index in [0.29, 0.717) is 11.4 Å². The second-order valence-electron chi connectivity index (χ2n) is 6.55. The number of hydrogen-bond acceptors (Lipinski definition) is 5. The van der Waals surface area contributed by atoms with E-state index >= 15 is 0 Å². The molecule has 2 heterocycles. The molecule has 4 aromatic rings. The van der Waals surface area contributed by atoms with Gasteiger partial charge in [0.15, 0.2) is 11.6 Å². The lowest BCUT2D eigenvalue weighted by Crippen LogP contribution is -2.27. The number of rotatable bonds is 5. The third-order valence-corrected chi connectivity index (χ3v) is 4.40. The number of carbonyl (C=O) groups excluding carboxylic acids is 1. The minimum Gasteiger partial charge on any atom is -0.454 e. The van der Waals surface area contributed by atoms with E-state index in [0.717, 1.165) is 6.07 Å². The van der Waals surface area contributed by atoms with Crippen LogP contribution in [0, 0.1) is 5.82 Å². The molecular weight excluding hydrogens is 399 g/mol. The van der Waals surface area contributed by atoms with E-state index < -0.39 is 17.3 Å².